The normalized spacial score (nSPS) is 9.43. The van der Waals surface area contributed by atoms with E-state index in [1.807, 2.05) is 0 Å². The van der Waals surface area contributed by atoms with Crippen LogP contribution in [0.4, 0.5) is 0 Å². The second-order valence-corrected chi connectivity index (χ2v) is 7.69. The van der Waals surface area contributed by atoms with Gasteiger partial charge in [0.05, 0.1) is 0 Å². The van der Waals surface area contributed by atoms with Crippen LogP contribution in [0.15, 0.2) is 0 Å². The van der Waals surface area contributed by atoms with Crippen molar-refractivity contribution in [1.82, 2.24) is 0 Å². The van der Waals surface area contributed by atoms with Gasteiger partial charge in [-0.25, -0.2) is 0 Å². The van der Waals surface area contributed by atoms with Crippen LogP contribution < -0.4 is 0 Å². The quantitative estimate of drug-likeness (QED) is 0.314. The van der Waals surface area contributed by atoms with E-state index < -0.39 is 83.0 Å². The molecule has 0 N–H and O–H groups in total. The van der Waals surface area contributed by atoms with Crippen LogP contribution in [0, 0.1) is 0 Å². The number of hydrogen-bond acceptors (Lipinski definition) is 0. The van der Waals surface area contributed by atoms with Crippen LogP contribution in [-0.4, -0.2) is 199 Å². The molecule has 0 aromatic heterocycles. The second kappa shape index (κ2) is 13.4. The lowest BCUT2D eigenvalue weighted by atomic mass is 8.32. The van der Waals surface area contributed by atoms with E-state index >= 15 is 0 Å². The Bertz CT molecular complexity index is 354. The summed E-state index contributed by atoms with van der Waals surface area (Å²) in [6.07, 6.45) is -10.9. The molecule has 0 aliphatic carbocycles. The molecule has 0 saturated heterocycles. The van der Waals surface area contributed by atoms with Crippen molar-refractivity contribution in [3.8, 4) is 0 Å². The predicted molar refractivity (Wildman–Crippen MR) is 164 cm³/mol. The van der Waals surface area contributed by atoms with Crippen LogP contribution in [0.1, 0.15) is 0 Å². The lowest BCUT2D eigenvalue weighted by Crippen LogP contribution is -2.87. The first-order valence-electron chi connectivity index (χ1n) is 9.15. The van der Waals surface area contributed by atoms with Crippen molar-refractivity contribution in [3.63, 3.8) is 0 Å². The van der Waals surface area contributed by atoms with E-state index in [4.69, 9.17) is 101 Å². The van der Waals surface area contributed by atoms with Crippen LogP contribution in [0.5, 0.6) is 0 Å². The van der Waals surface area contributed by atoms with Crippen LogP contribution in [0.25, 0.3) is 0 Å². The molecule has 28 heavy (non-hydrogen) atoms. The SMILES string of the molecule is [B]B([B])B(B([B])[B])B(B([B])B([BH])[BH])B(B(B([B])[B])B([B])[B])B(B([B])[B])B([B])[B]. The van der Waals surface area contributed by atoms with Crippen molar-refractivity contribution in [1.29, 1.82) is 0 Å². The minimum Gasteiger partial charge on any atom is 0.0000000000000235 e. The minimum atomic E-state index is -0.989. The third-order valence-corrected chi connectivity index (χ3v) is 5.43. The van der Waals surface area contributed by atoms with Gasteiger partial charge in [-0.1, -0.05) is 0 Å². The van der Waals surface area contributed by atoms with Gasteiger partial charge in [0.2, 0.25) is 0 Å². The van der Waals surface area contributed by atoms with Crippen molar-refractivity contribution in [3.05, 3.63) is 0 Å². The first-order valence-corrected chi connectivity index (χ1v) is 9.15. The van der Waals surface area contributed by atoms with E-state index in [2.05, 4.69) is 15.5 Å². The van der Waals surface area contributed by atoms with Crippen molar-refractivity contribution < 1.29 is 0 Å². The van der Waals surface area contributed by atoms with Crippen molar-refractivity contribution in [2.75, 3.05) is 0 Å². The fraction of sp³-hybridized carbons (Fsp3) is 0. The van der Waals surface area contributed by atoms with Crippen LogP contribution in [0.2, 0.25) is 0 Å². The average Bonchev–Trinajstić information content (AvgIpc) is 2.48. The summed E-state index contributed by atoms with van der Waals surface area (Å²) in [5, 5.41) is 0. The molecule has 0 aliphatic heterocycles. The highest BCUT2D eigenvalue weighted by atomic mass is 13.3. The fourth-order valence-electron chi connectivity index (χ4n) is 4.16. The summed E-state index contributed by atoms with van der Waals surface area (Å²) in [5.74, 6) is 0. The van der Waals surface area contributed by atoms with Gasteiger partial charge in [0.15, 0.2) is 0 Å². The number of hydrogen-bond donors (Lipinski definition) is 0. The summed E-state index contributed by atoms with van der Waals surface area (Å²) in [6, 6.07) is 0. The van der Waals surface area contributed by atoms with E-state index in [9.17, 15) is 0 Å². The molecule has 0 heterocycles. The summed E-state index contributed by atoms with van der Waals surface area (Å²) in [7, 11) is 86.2. The van der Waals surface area contributed by atoms with Crippen LogP contribution >= 0.6 is 0 Å². The van der Waals surface area contributed by atoms with Gasteiger partial charge in [0.25, 0.3) is 0 Å². The third kappa shape index (κ3) is 8.06. The number of rotatable bonds is 12. The standard InChI is InChI=1S/B28H2/c1-16(2)23(15)27(24(17(3)4)18(5)6)28(25(19(7)8)20(9)10)26(21(11)12)22(13)14/h1-2H. The topological polar surface area (TPSA) is 0 Å². The summed E-state index contributed by atoms with van der Waals surface area (Å²) in [6.45, 7) is 0. The summed E-state index contributed by atoms with van der Waals surface area (Å²) < 4.78 is 0. The monoisotopic (exact) mass is 310 g/mol. The smallest absolute Gasteiger partial charge is 0.0000000000000235 e. The highest BCUT2D eigenvalue weighted by Crippen LogP contribution is 2.12. The van der Waals surface area contributed by atoms with E-state index in [1.54, 1.807) is 0 Å². The molecule has 0 fully saturated rings. The maximum Gasteiger partial charge on any atom is 0.0326 e. The van der Waals surface area contributed by atoms with Crippen LogP contribution in [-0.2, 0) is 0 Å². The van der Waals surface area contributed by atoms with Crippen molar-refractivity contribution in [2.45, 2.75) is 0 Å². The summed E-state index contributed by atoms with van der Waals surface area (Å²) in [4.78, 5) is 0. The molecule has 0 saturated carbocycles. The van der Waals surface area contributed by atoms with Gasteiger partial charge >= 0.3 is 0 Å². The maximum absolute atomic E-state index is 6.44. The van der Waals surface area contributed by atoms with Gasteiger partial charge in [-0.05, 0) is 0 Å². The Morgan fingerprint density at radius 3 is 0.714 bits per heavy atom. The molecule has 0 unspecified atom stereocenters. The van der Waals surface area contributed by atoms with Gasteiger partial charge < -0.3 is 0 Å². The van der Waals surface area contributed by atoms with E-state index in [0.29, 0.717) is 0 Å². The Hall–Kier alpha value is 1.82. The molecule has 0 bridgehead atoms. The molecule has 86 valence electrons. The van der Waals surface area contributed by atoms with E-state index in [-0.39, 0.29) is 0 Å². The van der Waals surface area contributed by atoms with Gasteiger partial charge in [0.1, 0.15) is 0 Å². The molecule has 0 aromatic rings. The molecule has 0 spiro atoms. The zero-order valence-electron chi connectivity index (χ0n) is 16.4. The van der Waals surface area contributed by atoms with Gasteiger partial charge in [-0.15, -0.1) is 0 Å². The first kappa shape index (κ1) is 29.8. The van der Waals surface area contributed by atoms with Gasteiger partial charge in [-0.3, -0.25) is 0 Å². The lowest BCUT2D eigenvalue weighted by Gasteiger charge is -2.49. The van der Waals surface area contributed by atoms with Gasteiger partial charge in [0, 0.05) is 199 Å². The Kier molecular flexibility index (Phi) is 14.3. The molecule has 28 radical (unpaired) electrons. The maximum atomic E-state index is 6.44. The Labute approximate surface area is 198 Å². The molecule has 0 aromatic carbocycles. The lowest BCUT2D eigenvalue weighted by molar-refractivity contribution is 3.27. The molecule has 0 nitrogen and oxygen atoms in total. The highest BCUT2D eigenvalue weighted by Gasteiger charge is 2.51. The van der Waals surface area contributed by atoms with Crippen LogP contribution in [0.3, 0.4) is 0 Å². The zero-order valence-corrected chi connectivity index (χ0v) is 16.4. The molecule has 0 atom stereocenters. The third-order valence-electron chi connectivity index (χ3n) is 5.43. The summed E-state index contributed by atoms with van der Waals surface area (Å²) >= 11 is 0. The zero-order chi connectivity index (χ0) is 22.5. The molecule has 0 rings (SSSR count). The second-order valence-electron chi connectivity index (χ2n) is 7.69. The minimum absolute atomic E-state index is 0.528. The molecular formula is H2B28. The Balaban J connectivity index is 6.81. The largest absolute Gasteiger partial charge is 0.0326 e. The van der Waals surface area contributed by atoms with Crippen molar-refractivity contribution in [2.24, 2.45) is 0 Å². The Morgan fingerprint density at radius 1 is 0.321 bits per heavy atom. The molecule has 0 aliphatic rings. The predicted octanol–water partition coefficient (Wildman–Crippen LogP) is -11.2. The molecular weight excluding hydrogens is 303 g/mol. The first-order chi connectivity index (χ1) is 12.7. The molecule has 0 amide bonds. The Morgan fingerprint density at radius 2 is 0.536 bits per heavy atom. The van der Waals surface area contributed by atoms with Crippen molar-refractivity contribution >= 4 is 199 Å². The summed E-state index contributed by atoms with van der Waals surface area (Å²) in [5.41, 5.74) is 0. The highest BCUT2D eigenvalue weighted by molar-refractivity contribution is 8.26. The van der Waals surface area contributed by atoms with E-state index in [0.717, 1.165) is 0 Å². The van der Waals surface area contributed by atoms with Gasteiger partial charge in [-0.2, -0.15) is 0 Å². The molecule has 28 heteroatoms. The van der Waals surface area contributed by atoms with E-state index in [1.165, 1.54) is 0 Å². The fourth-order valence-corrected chi connectivity index (χ4v) is 4.16. The average molecular weight is 305 g/mol.